The molecule has 0 fully saturated rings. The molecule has 0 unspecified atom stereocenters. The fraction of sp³-hybridized carbons (Fsp3) is 0.308. The predicted octanol–water partition coefficient (Wildman–Crippen LogP) is 3.46. The molecule has 19 heavy (non-hydrogen) atoms. The van der Waals surface area contributed by atoms with Gasteiger partial charge in [-0.3, -0.25) is 5.84 Å². The molecule has 3 N–H and O–H groups in total. The van der Waals surface area contributed by atoms with E-state index < -0.39 is 11.9 Å². The number of alkyl halides is 3. The molecule has 0 saturated carbocycles. The van der Waals surface area contributed by atoms with Crippen LogP contribution in [0.15, 0.2) is 12.1 Å². The van der Waals surface area contributed by atoms with Crippen molar-refractivity contribution in [2.24, 2.45) is 5.84 Å². The van der Waals surface area contributed by atoms with Gasteiger partial charge in [-0.25, -0.2) is 4.98 Å². The number of aryl methyl sites for hydroxylation is 2. The van der Waals surface area contributed by atoms with Crippen LogP contribution in [0.25, 0.3) is 10.9 Å². The zero-order valence-electron chi connectivity index (χ0n) is 10.8. The Morgan fingerprint density at radius 1 is 1.16 bits per heavy atom. The zero-order valence-corrected chi connectivity index (χ0v) is 10.8. The van der Waals surface area contributed by atoms with Crippen molar-refractivity contribution in [3.05, 3.63) is 34.5 Å². The Bertz CT molecular complexity index is 648. The molecule has 3 nitrogen and oxygen atoms in total. The number of fused-ring (bicyclic) bond motifs is 1. The molecule has 1 aromatic heterocycles. The summed E-state index contributed by atoms with van der Waals surface area (Å²) in [5.41, 5.74) is 3.69. The van der Waals surface area contributed by atoms with Crippen LogP contribution in [0.2, 0.25) is 0 Å². The third-order valence-corrected chi connectivity index (χ3v) is 3.08. The quantitative estimate of drug-likeness (QED) is 0.615. The molecule has 0 aliphatic rings. The molecular weight excluding hydrogens is 255 g/mol. The standard InChI is InChI=1S/C13H14F3N3/c1-6-4-7(2)10-9(5-6)11(19-17)8(3)12(18-10)13(14,15)16/h4-5H,17H2,1-3H3,(H,18,19). The summed E-state index contributed by atoms with van der Waals surface area (Å²) in [6, 6.07) is 3.57. The number of benzene rings is 1. The summed E-state index contributed by atoms with van der Waals surface area (Å²) < 4.78 is 38.9. The maximum Gasteiger partial charge on any atom is 0.433 e. The number of nitrogen functional groups attached to an aromatic ring is 1. The average Bonchev–Trinajstić information content (AvgIpc) is 2.26. The number of hydrazine groups is 1. The Hall–Kier alpha value is -1.82. The van der Waals surface area contributed by atoms with Crippen molar-refractivity contribution in [2.45, 2.75) is 26.9 Å². The van der Waals surface area contributed by atoms with E-state index in [9.17, 15) is 13.2 Å². The Morgan fingerprint density at radius 3 is 2.32 bits per heavy atom. The smallest absolute Gasteiger partial charge is 0.323 e. The van der Waals surface area contributed by atoms with E-state index in [1.165, 1.54) is 6.92 Å². The lowest BCUT2D eigenvalue weighted by Gasteiger charge is -2.17. The van der Waals surface area contributed by atoms with E-state index in [1.54, 1.807) is 19.1 Å². The largest absolute Gasteiger partial charge is 0.433 e. The number of nitrogens with zero attached hydrogens (tertiary/aromatic N) is 1. The van der Waals surface area contributed by atoms with Crippen molar-refractivity contribution in [3.8, 4) is 0 Å². The maximum absolute atomic E-state index is 13.0. The van der Waals surface area contributed by atoms with Gasteiger partial charge in [0, 0.05) is 10.9 Å². The van der Waals surface area contributed by atoms with E-state index in [-0.39, 0.29) is 11.3 Å². The van der Waals surface area contributed by atoms with E-state index in [4.69, 9.17) is 5.84 Å². The number of rotatable bonds is 1. The van der Waals surface area contributed by atoms with Crippen molar-refractivity contribution in [1.29, 1.82) is 0 Å². The van der Waals surface area contributed by atoms with Gasteiger partial charge < -0.3 is 5.43 Å². The van der Waals surface area contributed by atoms with Gasteiger partial charge in [0.2, 0.25) is 0 Å². The summed E-state index contributed by atoms with van der Waals surface area (Å²) in [6.45, 7) is 4.97. The molecule has 6 heteroatoms. The number of nitrogens with one attached hydrogen (secondary N) is 1. The van der Waals surface area contributed by atoms with Gasteiger partial charge in [0.25, 0.3) is 0 Å². The highest BCUT2D eigenvalue weighted by Gasteiger charge is 2.36. The molecular formula is C13H14F3N3. The second-order valence-corrected chi connectivity index (χ2v) is 4.58. The van der Waals surface area contributed by atoms with Crippen LogP contribution in [-0.4, -0.2) is 4.98 Å². The van der Waals surface area contributed by atoms with Gasteiger partial charge in [0.1, 0.15) is 5.69 Å². The maximum atomic E-state index is 13.0. The van der Waals surface area contributed by atoms with Crippen LogP contribution in [0.3, 0.4) is 0 Å². The summed E-state index contributed by atoms with van der Waals surface area (Å²) >= 11 is 0. The molecule has 2 aromatic rings. The number of halogens is 3. The Morgan fingerprint density at radius 2 is 1.79 bits per heavy atom. The molecule has 0 bridgehead atoms. The molecule has 102 valence electrons. The van der Waals surface area contributed by atoms with Gasteiger partial charge >= 0.3 is 6.18 Å². The lowest BCUT2D eigenvalue weighted by molar-refractivity contribution is -0.141. The molecule has 0 aliphatic heterocycles. The van der Waals surface area contributed by atoms with Crippen LogP contribution in [0.4, 0.5) is 18.9 Å². The first kappa shape index (κ1) is 13.6. The molecule has 0 spiro atoms. The van der Waals surface area contributed by atoms with Crippen LogP contribution >= 0.6 is 0 Å². The lowest BCUT2D eigenvalue weighted by Crippen LogP contribution is -2.16. The van der Waals surface area contributed by atoms with Gasteiger partial charge in [0.15, 0.2) is 0 Å². The topological polar surface area (TPSA) is 50.9 Å². The van der Waals surface area contributed by atoms with Crippen LogP contribution in [0.5, 0.6) is 0 Å². The van der Waals surface area contributed by atoms with Gasteiger partial charge in [-0.05, 0) is 32.4 Å². The van der Waals surface area contributed by atoms with Crippen molar-refractivity contribution in [3.63, 3.8) is 0 Å². The molecule has 1 heterocycles. The summed E-state index contributed by atoms with van der Waals surface area (Å²) in [6.07, 6.45) is -4.50. The lowest BCUT2D eigenvalue weighted by atomic mass is 10.0. The molecule has 2 rings (SSSR count). The normalized spacial score (nSPS) is 11.9. The number of pyridine rings is 1. The van der Waals surface area contributed by atoms with E-state index in [1.807, 2.05) is 6.92 Å². The van der Waals surface area contributed by atoms with Crippen LogP contribution in [0, 0.1) is 20.8 Å². The fourth-order valence-electron chi connectivity index (χ4n) is 2.28. The predicted molar refractivity (Wildman–Crippen MR) is 68.8 cm³/mol. The zero-order chi connectivity index (χ0) is 14.4. The van der Waals surface area contributed by atoms with Crippen LogP contribution < -0.4 is 11.3 Å². The highest BCUT2D eigenvalue weighted by atomic mass is 19.4. The van der Waals surface area contributed by atoms with Crippen LogP contribution in [0.1, 0.15) is 22.4 Å². The van der Waals surface area contributed by atoms with Gasteiger partial charge in [0.05, 0.1) is 11.2 Å². The second kappa shape index (κ2) is 4.38. The highest BCUT2D eigenvalue weighted by Crippen LogP contribution is 2.37. The minimum atomic E-state index is -4.50. The van der Waals surface area contributed by atoms with E-state index in [0.29, 0.717) is 16.5 Å². The summed E-state index contributed by atoms with van der Waals surface area (Å²) in [4.78, 5) is 3.77. The Balaban J connectivity index is 2.95. The summed E-state index contributed by atoms with van der Waals surface area (Å²) in [7, 11) is 0. The number of aromatic nitrogens is 1. The molecule has 0 saturated heterocycles. The minimum absolute atomic E-state index is 0.00694. The third-order valence-electron chi connectivity index (χ3n) is 3.08. The second-order valence-electron chi connectivity index (χ2n) is 4.58. The van der Waals surface area contributed by atoms with Crippen molar-refractivity contribution in [2.75, 3.05) is 5.43 Å². The van der Waals surface area contributed by atoms with Crippen LogP contribution in [-0.2, 0) is 6.18 Å². The molecule has 0 aliphatic carbocycles. The molecule has 0 atom stereocenters. The third kappa shape index (κ3) is 2.23. The number of hydrogen-bond donors (Lipinski definition) is 2. The monoisotopic (exact) mass is 269 g/mol. The summed E-state index contributed by atoms with van der Waals surface area (Å²) in [5.74, 6) is 5.38. The first-order chi connectivity index (χ1) is 8.75. The number of nitrogens with two attached hydrogens (primary N) is 1. The SMILES string of the molecule is Cc1cc(C)c2nc(C(F)(F)F)c(C)c(NN)c2c1. The first-order valence-corrected chi connectivity index (χ1v) is 5.71. The van der Waals surface area contributed by atoms with Crippen molar-refractivity contribution < 1.29 is 13.2 Å². The highest BCUT2D eigenvalue weighted by molar-refractivity contribution is 5.95. The van der Waals surface area contributed by atoms with E-state index >= 15 is 0 Å². The number of hydrogen-bond acceptors (Lipinski definition) is 3. The van der Waals surface area contributed by atoms with Crippen molar-refractivity contribution >= 4 is 16.6 Å². The molecule has 0 radical (unpaired) electrons. The minimum Gasteiger partial charge on any atom is -0.323 e. The summed E-state index contributed by atoms with van der Waals surface area (Å²) in [5, 5.41) is 0.602. The Kier molecular flexibility index (Phi) is 3.14. The molecule has 0 amide bonds. The average molecular weight is 269 g/mol. The Labute approximate surface area is 108 Å². The van der Waals surface area contributed by atoms with E-state index in [2.05, 4.69) is 10.4 Å². The van der Waals surface area contributed by atoms with Gasteiger partial charge in [-0.1, -0.05) is 11.6 Å². The van der Waals surface area contributed by atoms with Gasteiger partial charge in [-0.15, -0.1) is 0 Å². The van der Waals surface area contributed by atoms with Crippen molar-refractivity contribution in [1.82, 2.24) is 4.98 Å². The number of anilines is 1. The molecule has 1 aromatic carbocycles. The van der Waals surface area contributed by atoms with E-state index in [0.717, 1.165) is 5.56 Å². The van der Waals surface area contributed by atoms with Gasteiger partial charge in [-0.2, -0.15) is 13.2 Å². The fourth-order valence-corrected chi connectivity index (χ4v) is 2.28. The first-order valence-electron chi connectivity index (χ1n) is 5.71.